The lowest BCUT2D eigenvalue weighted by atomic mass is 9.80. The Hall–Kier alpha value is -2.63. The molecule has 0 bridgehead atoms. The van der Waals surface area contributed by atoms with Crippen LogP contribution in [0.3, 0.4) is 0 Å². The minimum atomic E-state index is -0.800. The summed E-state index contributed by atoms with van der Waals surface area (Å²) in [7, 11) is 0. The summed E-state index contributed by atoms with van der Waals surface area (Å²) in [6.07, 6.45) is 5.46. The Labute approximate surface area is 225 Å². The lowest BCUT2D eigenvalue weighted by Gasteiger charge is -2.38. The summed E-state index contributed by atoms with van der Waals surface area (Å²) in [5.74, 6) is 0.313. The van der Waals surface area contributed by atoms with Gasteiger partial charge in [0, 0.05) is 24.9 Å². The van der Waals surface area contributed by atoms with Crippen molar-refractivity contribution in [3.05, 3.63) is 0 Å². The van der Waals surface area contributed by atoms with Crippen molar-refractivity contribution in [3.63, 3.8) is 0 Å². The summed E-state index contributed by atoms with van der Waals surface area (Å²) in [6.45, 7) is 11.1. The average Bonchev–Trinajstić information content (AvgIpc) is 3.52. The van der Waals surface area contributed by atoms with E-state index in [9.17, 15) is 24.4 Å². The van der Waals surface area contributed by atoms with Gasteiger partial charge in [-0.15, -0.1) is 0 Å². The molecule has 9 heteroatoms. The highest BCUT2D eigenvalue weighted by Crippen LogP contribution is 2.65. The maximum absolute atomic E-state index is 14.0. The number of carbonyl (C=O) groups excluding carboxylic acids is 4. The number of nitriles is 1. The number of rotatable bonds is 8. The van der Waals surface area contributed by atoms with Gasteiger partial charge in [-0.25, -0.2) is 0 Å². The Morgan fingerprint density at radius 3 is 2.42 bits per heavy atom. The fourth-order valence-corrected chi connectivity index (χ4v) is 7.34. The molecule has 2 heterocycles. The number of nitrogens with zero attached hydrogens (tertiary/aromatic N) is 2. The van der Waals surface area contributed by atoms with E-state index in [0.717, 1.165) is 6.42 Å². The Balaban J connectivity index is 1.29. The molecule has 0 spiro atoms. The van der Waals surface area contributed by atoms with E-state index in [0.29, 0.717) is 31.3 Å². The van der Waals surface area contributed by atoms with E-state index in [1.807, 2.05) is 20.8 Å². The maximum Gasteiger partial charge on any atom is 0.246 e. The lowest BCUT2D eigenvalue weighted by molar-refractivity contribution is -0.146. The summed E-state index contributed by atoms with van der Waals surface area (Å²) < 4.78 is 0. The van der Waals surface area contributed by atoms with Gasteiger partial charge in [0.2, 0.25) is 23.6 Å². The zero-order chi connectivity index (χ0) is 27.6. The monoisotopic (exact) mass is 525 g/mol. The molecule has 3 N–H and O–H groups in total. The minimum absolute atomic E-state index is 0.00308. The van der Waals surface area contributed by atoms with Crippen molar-refractivity contribution in [1.82, 2.24) is 20.9 Å². The highest BCUT2D eigenvalue weighted by molar-refractivity contribution is 5.95. The highest BCUT2D eigenvalue weighted by atomic mass is 16.2. The van der Waals surface area contributed by atoms with E-state index in [1.165, 1.54) is 19.3 Å². The number of fused-ring (bicyclic) bond motifs is 1. The molecule has 0 unspecified atom stereocenters. The predicted molar refractivity (Wildman–Crippen MR) is 140 cm³/mol. The zero-order valence-electron chi connectivity index (χ0n) is 23.4. The van der Waals surface area contributed by atoms with Gasteiger partial charge in [0.1, 0.15) is 18.1 Å². The van der Waals surface area contributed by atoms with Crippen LogP contribution in [0.1, 0.15) is 73.1 Å². The van der Waals surface area contributed by atoms with Crippen LogP contribution in [-0.4, -0.2) is 59.7 Å². The van der Waals surface area contributed by atoms with Crippen LogP contribution in [0.25, 0.3) is 0 Å². The molecule has 9 nitrogen and oxygen atoms in total. The number of nitrogens with one attached hydrogen (secondary N) is 3. The quantitative estimate of drug-likeness (QED) is 0.446. The van der Waals surface area contributed by atoms with Crippen molar-refractivity contribution in [2.24, 2.45) is 46.3 Å². The summed E-state index contributed by atoms with van der Waals surface area (Å²) >= 11 is 0. The largest absolute Gasteiger partial charge is 0.356 e. The fourth-order valence-electron chi connectivity index (χ4n) is 7.34. The number of amides is 4. The van der Waals surface area contributed by atoms with Gasteiger partial charge in [0.25, 0.3) is 0 Å². The molecule has 5 rings (SSSR count). The molecule has 5 fully saturated rings. The first-order valence-corrected chi connectivity index (χ1v) is 14.4. The molecule has 4 amide bonds. The molecule has 3 aliphatic carbocycles. The van der Waals surface area contributed by atoms with Crippen LogP contribution in [0.15, 0.2) is 0 Å². The van der Waals surface area contributed by atoms with E-state index in [2.05, 4.69) is 35.9 Å². The normalized spacial score (nSPS) is 34.7. The second-order valence-electron chi connectivity index (χ2n) is 14.1. The Morgan fingerprint density at radius 2 is 1.87 bits per heavy atom. The van der Waals surface area contributed by atoms with Crippen molar-refractivity contribution in [2.45, 2.75) is 91.3 Å². The van der Waals surface area contributed by atoms with Crippen LogP contribution in [0.2, 0.25) is 0 Å². The molecule has 0 aromatic carbocycles. The first-order chi connectivity index (χ1) is 17.8. The first kappa shape index (κ1) is 27.0. The first-order valence-electron chi connectivity index (χ1n) is 14.4. The third kappa shape index (κ3) is 4.80. The second kappa shape index (κ2) is 9.53. The molecule has 2 aliphatic heterocycles. The molecular weight excluding hydrogens is 482 g/mol. The number of hydrogen-bond acceptors (Lipinski definition) is 5. The molecule has 38 heavy (non-hydrogen) atoms. The van der Waals surface area contributed by atoms with Crippen LogP contribution in [0, 0.1) is 57.7 Å². The molecule has 0 radical (unpaired) electrons. The van der Waals surface area contributed by atoms with E-state index >= 15 is 0 Å². The number of piperidine rings is 1. The van der Waals surface area contributed by atoms with Gasteiger partial charge in [-0.2, -0.15) is 5.26 Å². The van der Waals surface area contributed by atoms with Crippen molar-refractivity contribution in [1.29, 1.82) is 5.26 Å². The second-order valence-corrected chi connectivity index (χ2v) is 14.1. The molecule has 208 valence electrons. The molecule has 2 saturated heterocycles. The number of carbonyl (C=O) groups is 4. The van der Waals surface area contributed by atoms with E-state index < -0.39 is 23.5 Å². The fraction of sp³-hybridized carbons (Fsp3) is 0.828. The maximum atomic E-state index is 14.0. The Kier molecular flexibility index (Phi) is 6.76. The van der Waals surface area contributed by atoms with Gasteiger partial charge in [-0.05, 0) is 53.8 Å². The Bertz CT molecular complexity index is 1050. The van der Waals surface area contributed by atoms with Gasteiger partial charge in [-0.3, -0.25) is 19.2 Å². The topological polar surface area (TPSA) is 131 Å². The van der Waals surface area contributed by atoms with Crippen LogP contribution in [0.4, 0.5) is 0 Å². The van der Waals surface area contributed by atoms with Crippen molar-refractivity contribution >= 4 is 23.6 Å². The molecule has 0 aromatic heterocycles. The van der Waals surface area contributed by atoms with Crippen molar-refractivity contribution in [2.75, 3.05) is 13.1 Å². The molecular formula is C29H43N5O4. The summed E-state index contributed by atoms with van der Waals surface area (Å²) in [5.41, 5.74) is -0.599. The molecule has 3 saturated carbocycles. The van der Waals surface area contributed by atoms with Crippen molar-refractivity contribution < 1.29 is 19.2 Å². The van der Waals surface area contributed by atoms with Gasteiger partial charge in [0.05, 0.1) is 6.07 Å². The van der Waals surface area contributed by atoms with Gasteiger partial charge in [0.15, 0.2) is 0 Å². The lowest BCUT2D eigenvalue weighted by Crippen LogP contribution is -2.60. The Morgan fingerprint density at radius 1 is 1.16 bits per heavy atom. The predicted octanol–water partition coefficient (Wildman–Crippen LogP) is 1.97. The van der Waals surface area contributed by atoms with Gasteiger partial charge < -0.3 is 20.9 Å². The van der Waals surface area contributed by atoms with Crippen molar-refractivity contribution in [3.8, 4) is 6.07 Å². The van der Waals surface area contributed by atoms with Crippen LogP contribution < -0.4 is 16.0 Å². The smallest absolute Gasteiger partial charge is 0.246 e. The number of hydrogen-bond donors (Lipinski definition) is 3. The van der Waals surface area contributed by atoms with Crippen LogP contribution in [-0.2, 0) is 19.2 Å². The third-order valence-electron chi connectivity index (χ3n) is 10.2. The van der Waals surface area contributed by atoms with Gasteiger partial charge in [-0.1, -0.05) is 53.9 Å². The number of likely N-dealkylation sites (tertiary alicyclic amines) is 1. The van der Waals surface area contributed by atoms with E-state index in [4.69, 9.17) is 0 Å². The van der Waals surface area contributed by atoms with Crippen LogP contribution in [0.5, 0.6) is 0 Å². The molecule has 5 aliphatic rings. The van der Waals surface area contributed by atoms with Gasteiger partial charge >= 0.3 is 0 Å². The standard InChI is InChI=1S/C29H43N5O4/c1-28(2,3)23(33-25(36)19-12-18(19)15-7-6-8-15)27(38)34-14-20-21(29(20,4)5)22(34)26(37)32-17(13-30)11-16-9-10-31-24(16)35/h15-23H,6-12,14H2,1-5H3,(H,31,35)(H,32,37)(H,33,36)/t16-,17-,18-,19+,20-,21-,22-,23+/m0/s1. The van der Waals surface area contributed by atoms with E-state index in [-0.39, 0.29) is 59.1 Å². The minimum Gasteiger partial charge on any atom is -0.356 e. The van der Waals surface area contributed by atoms with Crippen LogP contribution >= 0.6 is 0 Å². The molecule has 0 aromatic rings. The summed E-state index contributed by atoms with van der Waals surface area (Å²) in [6, 6.07) is -0.0876. The zero-order valence-corrected chi connectivity index (χ0v) is 23.4. The van der Waals surface area contributed by atoms with E-state index in [1.54, 1.807) is 4.90 Å². The molecule has 8 atom stereocenters. The SMILES string of the molecule is CC(C)(C)[C@H](NC(=O)[C@@H]1C[C@H]1C1CCC1)C(=O)N1C[C@H]2[C@@H]([C@H]1C(=O)N[C@H](C#N)C[C@@H]1CCNC1=O)C2(C)C. The highest BCUT2D eigenvalue weighted by Gasteiger charge is 2.70. The summed E-state index contributed by atoms with van der Waals surface area (Å²) in [5, 5.41) is 18.4. The third-order valence-corrected chi connectivity index (χ3v) is 10.2. The average molecular weight is 526 g/mol. The summed E-state index contributed by atoms with van der Waals surface area (Å²) in [4.78, 5) is 54.5.